The van der Waals surface area contributed by atoms with Gasteiger partial charge in [0.05, 0.1) is 18.4 Å². The average Bonchev–Trinajstić information content (AvgIpc) is 2.85. The highest BCUT2D eigenvalue weighted by molar-refractivity contribution is 6.35. The quantitative estimate of drug-likeness (QED) is 0.580. The van der Waals surface area contributed by atoms with E-state index < -0.39 is 11.5 Å². The number of hydrogen-bond donors (Lipinski definition) is 0. The van der Waals surface area contributed by atoms with Gasteiger partial charge in [-0.1, -0.05) is 35.0 Å². The van der Waals surface area contributed by atoms with Crippen molar-refractivity contribution in [2.24, 2.45) is 5.16 Å². The molecule has 3 rings (SSSR count). The lowest BCUT2D eigenvalue weighted by Crippen LogP contribution is -2.50. The summed E-state index contributed by atoms with van der Waals surface area (Å²) >= 11 is 6.33. The number of amides is 1. The molecule has 1 heterocycles. The van der Waals surface area contributed by atoms with Crippen LogP contribution in [0.15, 0.2) is 35.2 Å². The van der Waals surface area contributed by atoms with E-state index in [0.29, 0.717) is 36.3 Å². The van der Waals surface area contributed by atoms with Crippen molar-refractivity contribution >= 4 is 34.8 Å². The first kappa shape index (κ1) is 19.4. The van der Waals surface area contributed by atoms with Crippen molar-refractivity contribution in [3.8, 4) is 0 Å². The van der Waals surface area contributed by atoms with E-state index in [1.54, 1.807) is 24.3 Å². The number of esters is 1. The molecular formula is C19H21ClN2O5. The van der Waals surface area contributed by atoms with Gasteiger partial charge in [-0.05, 0) is 31.7 Å². The van der Waals surface area contributed by atoms with Crippen molar-refractivity contribution in [2.75, 3.05) is 14.2 Å². The first-order valence-corrected chi connectivity index (χ1v) is 8.98. The third-order valence-corrected chi connectivity index (χ3v) is 5.21. The Morgan fingerprint density at radius 2 is 1.89 bits per heavy atom. The second-order valence-electron chi connectivity index (χ2n) is 6.43. The average molecular weight is 393 g/mol. The minimum atomic E-state index is -0.890. The van der Waals surface area contributed by atoms with E-state index in [1.165, 1.54) is 26.2 Å². The Balaban J connectivity index is 2.16. The molecule has 1 aromatic carbocycles. The van der Waals surface area contributed by atoms with Crippen LogP contribution in [0, 0.1) is 0 Å². The minimum Gasteiger partial charge on any atom is -0.428 e. The van der Waals surface area contributed by atoms with Crippen molar-refractivity contribution in [3.63, 3.8) is 0 Å². The number of rotatable bonds is 4. The fraction of sp³-hybridized carbons (Fsp3) is 0.421. The molecule has 0 saturated heterocycles. The maximum Gasteiger partial charge on any atom is 0.307 e. The summed E-state index contributed by atoms with van der Waals surface area (Å²) < 4.78 is 5.59. The summed E-state index contributed by atoms with van der Waals surface area (Å²) in [4.78, 5) is 35.4. The molecule has 1 fully saturated rings. The third kappa shape index (κ3) is 3.33. The number of nitrogens with zero attached hydrogens (tertiary/aromatic N) is 2. The van der Waals surface area contributed by atoms with Crippen LogP contribution in [-0.2, 0) is 24.0 Å². The highest BCUT2D eigenvalue weighted by Crippen LogP contribution is 2.49. The van der Waals surface area contributed by atoms with Crippen LogP contribution in [-0.4, -0.2) is 42.4 Å². The molecule has 27 heavy (non-hydrogen) atoms. The van der Waals surface area contributed by atoms with Gasteiger partial charge in [-0.3, -0.25) is 14.4 Å². The smallest absolute Gasteiger partial charge is 0.307 e. The molecule has 1 aliphatic carbocycles. The van der Waals surface area contributed by atoms with Gasteiger partial charge in [0.25, 0.3) is 5.91 Å². The molecular weight excluding hydrogens is 372 g/mol. The highest BCUT2D eigenvalue weighted by atomic mass is 35.5. The second kappa shape index (κ2) is 7.70. The molecule has 0 unspecified atom stereocenters. The van der Waals surface area contributed by atoms with Crippen LogP contribution in [0.3, 0.4) is 0 Å². The lowest BCUT2D eigenvalue weighted by Gasteiger charge is -2.40. The summed E-state index contributed by atoms with van der Waals surface area (Å²) in [5.74, 6) is -0.601. The molecule has 1 aromatic rings. The molecule has 1 saturated carbocycles. The molecule has 0 bridgehead atoms. The minimum absolute atomic E-state index is 0.254. The predicted octanol–water partition coefficient (Wildman–Crippen LogP) is 3.33. The zero-order valence-corrected chi connectivity index (χ0v) is 16.2. The van der Waals surface area contributed by atoms with Gasteiger partial charge in [-0.15, -0.1) is 0 Å². The molecule has 0 N–H and O–H groups in total. The molecule has 2 aliphatic rings. The zero-order chi connectivity index (χ0) is 19.6. The van der Waals surface area contributed by atoms with Crippen molar-refractivity contribution in [1.29, 1.82) is 0 Å². The monoisotopic (exact) mass is 392 g/mol. The summed E-state index contributed by atoms with van der Waals surface area (Å²) in [6.45, 7) is 1.31. The summed E-state index contributed by atoms with van der Waals surface area (Å²) in [6, 6.07) is 6.97. The number of hydrogen-bond acceptors (Lipinski definition) is 6. The first-order chi connectivity index (χ1) is 12.9. The van der Waals surface area contributed by atoms with E-state index in [1.807, 2.05) is 0 Å². The predicted molar refractivity (Wildman–Crippen MR) is 99.6 cm³/mol. The number of benzene rings is 1. The van der Waals surface area contributed by atoms with Crippen molar-refractivity contribution in [3.05, 3.63) is 40.6 Å². The molecule has 0 atom stereocenters. The van der Waals surface area contributed by atoms with E-state index in [4.69, 9.17) is 26.0 Å². The van der Waals surface area contributed by atoms with Crippen LogP contribution in [0.2, 0.25) is 5.02 Å². The fourth-order valence-corrected chi connectivity index (χ4v) is 4.00. The second-order valence-corrected chi connectivity index (χ2v) is 6.84. The summed E-state index contributed by atoms with van der Waals surface area (Å²) in [7, 11) is 2.93. The molecule has 144 valence electrons. The standard InChI is InChI=1S/C19H21ClN2O5/c1-12(23)27-17-16(14-6-4-5-7-15(14)20)18(24)22(26-3)19(17)10-8-13(9-11-19)21-25-2/h4-7H,8-11H2,1-3H3. The normalized spacial score (nSPS) is 22.4. The van der Waals surface area contributed by atoms with Gasteiger partial charge in [-0.25, -0.2) is 5.06 Å². The Labute approximate surface area is 162 Å². The van der Waals surface area contributed by atoms with Gasteiger partial charge >= 0.3 is 5.97 Å². The van der Waals surface area contributed by atoms with E-state index in [0.717, 1.165) is 5.71 Å². The SMILES string of the molecule is CON=C1CCC2(CC1)C(OC(C)=O)=C(c1ccccc1Cl)C(=O)N2OC. The largest absolute Gasteiger partial charge is 0.428 e. The molecule has 0 aromatic heterocycles. The van der Waals surface area contributed by atoms with Gasteiger partial charge in [0.15, 0.2) is 0 Å². The van der Waals surface area contributed by atoms with Crippen LogP contribution in [0.5, 0.6) is 0 Å². The summed E-state index contributed by atoms with van der Waals surface area (Å²) in [6.07, 6.45) is 2.15. The maximum absolute atomic E-state index is 13.2. The lowest BCUT2D eigenvalue weighted by molar-refractivity contribution is -0.200. The third-order valence-electron chi connectivity index (χ3n) is 4.88. The van der Waals surface area contributed by atoms with Crippen LogP contribution in [0.4, 0.5) is 0 Å². The van der Waals surface area contributed by atoms with E-state index in [-0.39, 0.29) is 17.2 Å². The van der Waals surface area contributed by atoms with Gasteiger partial charge in [0.1, 0.15) is 18.4 Å². The number of oxime groups is 1. The number of carbonyl (C=O) groups excluding carboxylic acids is 2. The summed E-state index contributed by atoms with van der Waals surface area (Å²) in [5, 5.41) is 5.71. The maximum atomic E-state index is 13.2. The number of ether oxygens (including phenoxy) is 1. The topological polar surface area (TPSA) is 77.4 Å². The Bertz CT molecular complexity index is 823. The van der Waals surface area contributed by atoms with Crippen molar-refractivity contribution in [2.45, 2.75) is 38.1 Å². The molecule has 1 amide bonds. The molecule has 8 heteroatoms. The Morgan fingerprint density at radius 3 is 2.44 bits per heavy atom. The van der Waals surface area contributed by atoms with Gasteiger partial charge in [0, 0.05) is 17.5 Å². The van der Waals surface area contributed by atoms with Crippen LogP contribution in [0.1, 0.15) is 38.2 Å². The Morgan fingerprint density at radius 1 is 1.22 bits per heavy atom. The van der Waals surface area contributed by atoms with Crippen LogP contribution < -0.4 is 0 Å². The van der Waals surface area contributed by atoms with Gasteiger partial charge in [0.2, 0.25) is 0 Å². The van der Waals surface area contributed by atoms with Gasteiger partial charge in [-0.2, -0.15) is 0 Å². The molecule has 1 aliphatic heterocycles. The number of hydroxylamine groups is 2. The fourth-order valence-electron chi connectivity index (χ4n) is 3.77. The Kier molecular flexibility index (Phi) is 5.53. The molecule has 0 radical (unpaired) electrons. The van der Waals surface area contributed by atoms with E-state index >= 15 is 0 Å². The summed E-state index contributed by atoms with van der Waals surface area (Å²) in [5.41, 5.74) is 0.763. The number of carbonyl (C=O) groups is 2. The van der Waals surface area contributed by atoms with Crippen molar-refractivity contribution < 1.29 is 24.0 Å². The highest BCUT2D eigenvalue weighted by Gasteiger charge is 2.56. The van der Waals surface area contributed by atoms with Crippen LogP contribution >= 0.6 is 11.6 Å². The first-order valence-electron chi connectivity index (χ1n) is 8.60. The van der Waals surface area contributed by atoms with Crippen LogP contribution in [0.25, 0.3) is 5.57 Å². The molecule has 1 spiro atoms. The van der Waals surface area contributed by atoms with E-state index in [9.17, 15) is 9.59 Å². The zero-order valence-electron chi connectivity index (χ0n) is 15.5. The van der Waals surface area contributed by atoms with Gasteiger partial charge < -0.3 is 9.57 Å². The molecule has 7 nitrogen and oxygen atoms in total. The lowest BCUT2D eigenvalue weighted by atomic mass is 9.79. The van der Waals surface area contributed by atoms with E-state index in [2.05, 4.69) is 5.16 Å². The Hall–Kier alpha value is -2.38. The number of halogens is 1. The van der Waals surface area contributed by atoms with Crippen molar-refractivity contribution in [1.82, 2.24) is 5.06 Å².